The van der Waals surface area contributed by atoms with Gasteiger partial charge in [-0.2, -0.15) is 0 Å². The smallest absolute Gasteiger partial charge is 0.238 e. The molecule has 2 rings (SSSR count). The first-order valence-corrected chi connectivity index (χ1v) is 9.26. The zero-order valence-corrected chi connectivity index (χ0v) is 16.0. The predicted molar refractivity (Wildman–Crippen MR) is 102 cm³/mol. The number of nitrogens with zero attached hydrogens (tertiary/aromatic N) is 2. The van der Waals surface area contributed by atoms with E-state index in [2.05, 4.69) is 12.2 Å². The van der Waals surface area contributed by atoms with Gasteiger partial charge in [0.2, 0.25) is 11.8 Å². The highest BCUT2D eigenvalue weighted by molar-refractivity contribution is 5.93. The normalized spacial score (nSPS) is 17.6. The first-order valence-electron chi connectivity index (χ1n) is 9.26. The molecule has 1 fully saturated rings. The fourth-order valence-corrected chi connectivity index (χ4v) is 3.45. The van der Waals surface area contributed by atoms with E-state index in [0.717, 1.165) is 42.6 Å². The summed E-state index contributed by atoms with van der Waals surface area (Å²) < 4.78 is 0. The van der Waals surface area contributed by atoms with Crippen LogP contribution in [0.2, 0.25) is 0 Å². The largest absolute Gasteiger partial charge is 0.339 e. The second kappa shape index (κ2) is 8.99. The van der Waals surface area contributed by atoms with Gasteiger partial charge >= 0.3 is 0 Å². The first kappa shape index (κ1) is 19.4. The van der Waals surface area contributed by atoms with Gasteiger partial charge < -0.3 is 10.2 Å². The summed E-state index contributed by atoms with van der Waals surface area (Å²) in [6.07, 6.45) is 4.39. The van der Waals surface area contributed by atoms with Crippen LogP contribution >= 0.6 is 0 Å². The molecule has 1 N–H and O–H groups in total. The van der Waals surface area contributed by atoms with E-state index in [-0.39, 0.29) is 24.9 Å². The molecule has 0 aliphatic carbocycles. The van der Waals surface area contributed by atoms with Gasteiger partial charge in [-0.25, -0.2) is 0 Å². The molecular weight excluding hydrogens is 314 g/mol. The summed E-state index contributed by atoms with van der Waals surface area (Å²) in [4.78, 5) is 28.7. The highest BCUT2D eigenvalue weighted by atomic mass is 16.2. The number of piperidine rings is 1. The number of nitrogens with one attached hydrogen (secondary N) is 1. The summed E-state index contributed by atoms with van der Waals surface area (Å²) in [5.74, 6) is 0.0447. The molecule has 1 saturated heterocycles. The van der Waals surface area contributed by atoms with Gasteiger partial charge in [0.25, 0.3) is 0 Å². The Morgan fingerprint density at radius 1 is 1.24 bits per heavy atom. The zero-order valence-electron chi connectivity index (χ0n) is 16.0. The van der Waals surface area contributed by atoms with Gasteiger partial charge in [-0.05, 0) is 63.8 Å². The fraction of sp³-hybridized carbons (Fsp3) is 0.600. The molecule has 0 saturated carbocycles. The summed E-state index contributed by atoms with van der Waals surface area (Å²) >= 11 is 0. The average Bonchev–Trinajstić information content (AvgIpc) is 2.58. The molecule has 5 heteroatoms. The molecule has 1 heterocycles. The van der Waals surface area contributed by atoms with Crippen LogP contribution in [0.25, 0.3) is 0 Å². The number of amides is 2. The van der Waals surface area contributed by atoms with Crippen LogP contribution in [0.15, 0.2) is 18.2 Å². The third-order valence-electron chi connectivity index (χ3n) is 5.12. The van der Waals surface area contributed by atoms with Crippen molar-refractivity contribution in [2.45, 2.75) is 52.5 Å². The number of benzene rings is 1. The average molecular weight is 345 g/mol. The van der Waals surface area contributed by atoms with Crippen LogP contribution in [-0.2, 0) is 9.59 Å². The monoisotopic (exact) mass is 345 g/mol. The van der Waals surface area contributed by atoms with Crippen molar-refractivity contribution in [1.29, 1.82) is 0 Å². The second-order valence-corrected chi connectivity index (χ2v) is 7.11. The third kappa shape index (κ3) is 5.30. The van der Waals surface area contributed by atoms with Gasteiger partial charge in [0.1, 0.15) is 0 Å². The van der Waals surface area contributed by atoms with Crippen molar-refractivity contribution < 1.29 is 9.59 Å². The Kier molecular flexibility index (Phi) is 7.00. The fourth-order valence-electron chi connectivity index (χ4n) is 3.45. The van der Waals surface area contributed by atoms with E-state index >= 15 is 0 Å². The van der Waals surface area contributed by atoms with Crippen LogP contribution in [0, 0.1) is 13.8 Å². The van der Waals surface area contributed by atoms with Crippen molar-refractivity contribution in [1.82, 2.24) is 9.80 Å². The SMILES string of the molecule is CCC1CCCCN1C(=O)CN(C)CC(=O)Nc1cccc(C)c1C. The van der Waals surface area contributed by atoms with Gasteiger partial charge in [-0.3, -0.25) is 14.5 Å². The topological polar surface area (TPSA) is 52.7 Å². The highest BCUT2D eigenvalue weighted by Crippen LogP contribution is 2.20. The molecule has 0 bridgehead atoms. The number of carbonyl (C=O) groups excluding carboxylic acids is 2. The van der Waals surface area contributed by atoms with Crippen LogP contribution in [0.5, 0.6) is 0 Å². The Labute approximate surface area is 151 Å². The Morgan fingerprint density at radius 3 is 2.72 bits per heavy atom. The van der Waals surface area contributed by atoms with Crippen molar-refractivity contribution in [3.8, 4) is 0 Å². The molecule has 2 amide bonds. The number of hydrogen-bond donors (Lipinski definition) is 1. The number of rotatable bonds is 6. The minimum Gasteiger partial charge on any atom is -0.339 e. The summed E-state index contributed by atoms with van der Waals surface area (Å²) in [6, 6.07) is 6.23. The highest BCUT2D eigenvalue weighted by Gasteiger charge is 2.26. The summed E-state index contributed by atoms with van der Waals surface area (Å²) in [6.45, 7) is 7.51. The number of hydrogen-bond acceptors (Lipinski definition) is 3. The van der Waals surface area contributed by atoms with Gasteiger partial charge in [0.05, 0.1) is 13.1 Å². The Hall–Kier alpha value is -1.88. The molecule has 0 spiro atoms. The second-order valence-electron chi connectivity index (χ2n) is 7.11. The summed E-state index contributed by atoms with van der Waals surface area (Å²) in [5, 5.41) is 2.95. The zero-order chi connectivity index (χ0) is 18.4. The van der Waals surface area contributed by atoms with E-state index in [1.807, 2.05) is 44.0 Å². The van der Waals surface area contributed by atoms with E-state index in [0.29, 0.717) is 6.04 Å². The van der Waals surface area contributed by atoms with Crippen LogP contribution in [-0.4, -0.2) is 54.3 Å². The lowest BCUT2D eigenvalue weighted by atomic mass is 10.00. The molecule has 0 aromatic heterocycles. The number of anilines is 1. The third-order valence-corrected chi connectivity index (χ3v) is 5.12. The summed E-state index contributed by atoms with van der Waals surface area (Å²) in [5.41, 5.74) is 3.07. The van der Waals surface area contributed by atoms with E-state index in [1.54, 1.807) is 4.90 Å². The number of aryl methyl sites for hydroxylation is 1. The predicted octanol–water partition coefficient (Wildman–Crippen LogP) is 2.96. The molecule has 1 unspecified atom stereocenters. The lowest BCUT2D eigenvalue weighted by molar-refractivity contribution is -0.136. The maximum Gasteiger partial charge on any atom is 0.238 e. The molecule has 1 aromatic rings. The molecule has 1 aliphatic heterocycles. The Morgan fingerprint density at radius 2 is 2.00 bits per heavy atom. The number of likely N-dealkylation sites (N-methyl/N-ethyl adjacent to an activating group) is 1. The minimum atomic E-state index is -0.0883. The van der Waals surface area contributed by atoms with Crippen LogP contribution in [0.3, 0.4) is 0 Å². The van der Waals surface area contributed by atoms with E-state index < -0.39 is 0 Å². The van der Waals surface area contributed by atoms with Gasteiger partial charge in [-0.15, -0.1) is 0 Å². The van der Waals surface area contributed by atoms with Crippen molar-refractivity contribution in [3.05, 3.63) is 29.3 Å². The number of likely N-dealkylation sites (tertiary alicyclic amines) is 1. The molecular formula is C20H31N3O2. The van der Waals surface area contributed by atoms with Crippen molar-refractivity contribution in [2.24, 2.45) is 0 Å². The first-order chi connectivity index (χ1) is 11.9. The van der Waals surface area contributed by atoms with Crippen molar-refractivity contribution in [2.75, 3.05) is 32.0 Å². The molecule has 138 valence electrons. The molecule has 1 aromatic carbocycles. The Balaban J connectivity index is 1.86. The standard InChI is InChI=1S/C20H31N3O2/c1-5-17-10-6-7-12-23(17)20(25)14-22(4)13-19(24)21-18-11-8-9-15(2)16(18)3/h8-9,11,17H,5-7,10,12-14H2,1-4H3,(H,21,24). The summed E-state index contributed by atoms with van der Waals surface area (Å²) in [7, 11) is 1.82. The quantitative estimate of drug-likeness (QED) is 0.862. The van der Waals surface area contributed by atoms with Crippen LogP contribution in [0.1, 0.15) is 43.7 Å². The van der Waals surface area contributed by atoms with Crippen molar-refractivity contribution >= 4 is 17.5 Å². The van der Waals surface area contributed by atoms with E-state index in [4.69, 9.17) is 0 Å². The van der Waals surface area contributed by atoms with Crippen LogP contribution in [0.4, 0.5) is 5.69 Å². The molecule has 1 aliphatic rings. The lowest BCUT2D eigenvalue weighted by Gasteiger charge is -2.36. The van der Waals surface area contributed by atoms with Gasteiger partial charge in [-0.1, -0.05) is 19.1 Å². The lowest BCUT2D eigenvalue weighted by Crippen LogP contribution is -2.48. The molecule has 25 heavy (non-hydrogen) atoms. The molecule has 5 nitrogen and oxygen atoms in total. The van der Waals surface area contributed by atoms with Gasteiger partial charge in [0.15, 0.2) is 0 Å². The maximum atomic E-state index is 12.6. The maximum absolute atomic E-state index is 12.6. The minimum absolute atomic E-state index is 0.0883. The van der Waals surface area contributed by atoms with E-state index in [1.165, 1.54) is 6.42 Å². The van der Waals surface area contributed by atoms with Gasteiger partial charge in [0, 0.05) is 18.3 Å². The van der Waals surface area contributed by atoms with Crippen LogP contribution < -0.4 is 5.32 Å². The number of carbonyl (C=O) groups is 2. The molecule has 0 radical (unpaired) electrons. The molecule has 1 atom stereocenters. The van der Waals surface area contributed by atoms with Crippen molar-refractivity contribution in [3.63, 3.8) is 0 Å². The Bertz CT molecular complexity index is 615. The van der Waals surface area contributed by atoms with E-state index in [9.17, 15) is 9.59 Å².